The van der Waals surface area contributed by atoms with Crippen molar-refractivity contribution in [2.45, 2.75) is 13.3 Å². The molecule has 2 N–H and O–H groups in total. The van der Waals surface area contributed by atoms with E-state index in [2.05, 4.69) is 10.9 Å². The number of ether oxygens (including phenoxy) is 1. The van der Waals surface area contributed by atoms with Gasteiger partial charge in [-0.05, 0) is 42.3 Å². The molecule has 0 saturated heterocycles. The summed E-state index contributed by atoms with van der Waals surface area (Å²) in [6.45, 7) is 1.71. The second-order valence-corrected chi connectivity index (χ2v) is 5.89. The fourth-order valence-electron chi connectivity index (χ4n) is 1.94. The molecule has 0 unspecified atom stereocenters. The van der Waals surface area contributed by atoms with E-state index in [-0.39, 0.29) is 13.0 Å². The van der Waals surface area contributed by atoms with Gasteiger partial charge in [-0.1, -0.05) is 41.4 Å². The van der Waals surface area contributed by atoms with Gasteiger partial charge in [0.05, 0.1) is 6.42 Å². The van der Waals surface area contributed by atoms with Crippen LogP contribution in [0.2, 0.25) is 10.0 Å². The Kier molecular flexibility index (Phi) is 6.46. The Morgan fingerprint density at radius 1 is 1.00 bits per heavy atom. The van der Waals surface area contributed by atoms with Crippen molar-refractivity contribution in [1.82, 2.24) is 10.9 Å². The van der Waals surface area contributed by atoms with Crippen molar-refractivity contribution >= 4 is 35.0 Å². The van der Waals surface area contributed by atoms with E-state index in [1.807, 2.05) is 25.1 Å². The van der Waals surface area contributed by atoms with Gasteiger partial charge in [0.15, 0.2) is 6.61 Å². The molecule has 2 aromatic rings. The zero-order valence-electron chi connectivity index (χ0n) is 12.9. The Morgan fingerprint density at radius 3 is 2.29 bits per heavy atom. The lowest BCUT2D eigenvalue weighted by Gasteiger charge is -2.10. The second kappa shape index (κ2) is 8.57. The van der Waals surface area contributed by atoms with E-state index >= 15 is 0 Å². The van der Waals surface area contributed by atoms with Crippen LogP contribution in [0.3, 0.4) is 0 Å². The topological polar surface area (TPSA) is 67.4 Å². The monoisotopic (exact) mass is 366 g/mol. The zero-order valence-corrected chi connectivity index (χ0v) is 14.4. The lowest BCUT2D eigenvalue weighted by Crippen LogP contribution is -2.44. The molecule has 0 aliphatic carbocycles. The lowest BCUT2D eigenvalue weighted by molar-refractivity contribution is -0.129. The molecular weight excluding hydrogens is 351 g/mol. The van der Waals surface area contributed by atoms with E-state index in [9.17, 15) is 9.59 Å². The van der Waals surface area contributed by atoms with Gasteiger partial charge in [-0.25, -0.2) is 0 Å². The van der Waals surface area contributed by atoms with Crippen molar-refractivity contribution in [2.24, 2.45) is 0 Å². The number of hydrogen-bond donors (Lipinski definition) is 2. The van der Waals surface area contributed by atoms with E-state index in [1.165, 1.54) is 0 Å². The first-order chi connectivity index (χ1) is 11.5. The third-order valence-corrected chi connectivity index (χ3v) is 3.81. The SMILES string of the molecule is Cc1cccc(OCC(=O)NNC(=O)Cc2c(Cl)cccc2Cl)c1. The molecule has 0 aliphatic heterocycles. The quantitative estimate of drug-likeness (QED) is 0.799. The first-order valence-corrected chi connectivity index (χ1v) is 7.91. The van der Waals surface area contributed by atoms with Crippen molar-refractivity contribution in [3.05, 3.63) is 63.6 Å². The van der Waals surface area contributed by atoms with Crippen LogP contribution in [-0.2, 0) is 16.0 Å². The van der Waals surface area contributed by atoms with Crippen LogP contribution < -0.4 is 15.6 Å². The molecule has 0 aromatic heterocycles. The van der Waals surface area contributed by atoms with Crippen LogP contribution in [0, 0.1) is 6.92 Å². The molecule has 0 bridgehead atoms. The first kappa shape index (κ1) is 18.1. The Balaban J connectivity index is 1.78. The normalized spacial score (nSPS) is 10.1. The highest BCUT2D eigenvalue weighted by atomic mass is 35.5. The van der Waals surface area contributed by atoms with Crippen LogP contribution in [0.1, 0.15) is 11.1 Å². The third-order valence-electron chi connectivity index (χ3n) is 3.10. The molecule has 2 aromatic carbocycles. The number of hydrogen-bond acceptors (Lipinski definition) is 3. The minimum Gasteiger partial charge on any atom is -0.484 e. The van der Waals surface area contributed by atoms with Gasteiger partial charge in [0.25, 0.3) is 5.91 Å². The Hall–Kier alpha value is -2.24. The van der Waals surface area contributed by atoms with E-state index in [0.717, 1.165) is 5.56 Å². The van der Waals surface area contributed by atoms with E-state index in [1.54, 1.807) is 24.3 Å². The first-order valence-electron chi connectivity index (χ1n) is 7.16. The molecule has 0 saturated carbocycles. The molecule has 0 atom stereocenters. The predicted molar refractivity (Wildman–Crippen MR) is 93.1 cm³/mol. The summed E-state index contributed by atoms with van der Waals surface area (Å²) >= 11 is 12.0. The number of carbonyl (C=O) groups is 2. The summed E-state index contributed by atoms with van der Waals surface area (Å²) in [5.41, 5.74) is 6.10. The zero-order chi connectivity index (χ0) is 17.5. The maximum atomic E-state index is 11.9. The molecule has 5 nitrogen and oxygen atoms in total. The molecule has 0 heterocycles. The molecule has 2 amide bonds. The molecule has 0 radical (unpaired) electrons. The van der Waals surface area contributed by atoms with Gasteiger partial charge in [-0.3, -0.25) is 20.4 Å². The van der Waals surface area contributed by atoms with E-state index < -0.39 is 11.8 Å². The molecule has 2 rings (SSSR count). The number of rotatable bonds is 5. The summed E-state index contributed by atoms with van der Waals surface area (Å²) in [5, 5.41) is 0.790. The van der Waals surface area contributed by atoms with Crippen LogP contribution in [0.5, 0.6) is 5.75 Å². The van der Waals surface area contributed by atoms with Crippen LogP contribution >= 0.6 is 23.2 Å². The number of carbonyl (C=O) groups excluding carboxylic acids is 2. The van der Waals surface area contributed by atoms with Gasteiger partial charge in [0.2, 0.25) is 5.91 Å². The van der Waals surface area contributed by atoms with E-state index in [4.69, 9.17) is 27.9 Å². The van der Waals surface area contributed by atoms with Crippen LogP contribution in [0.15, 0.2) is 42.5 Å². The highest BCUT2D eigenvalue weighted by molar-refractivity contribution is 6.36. The summed E-state index contributed by atoms with van der Waals surface area (Å²) < 4.78 is 5.33. The van der Waals surface area contributed by atoms with Crippen molar-refractivity contribution in [3.63, 3.8) is 0 Å². The lowest BCUT2D eigenvalue weighted by atomic mass is 10.1. The van der Waals surface area contributed by atoms with Gasteiger partial charge < -0.3 is 4.74 Å². The number of halogens is 2. The standard InChI is InChI=1S/C17H16Cl2N2O3/c1-11-4-2-5-12(8-11)24-10-17(23)21-20-16(22)9-13-14(18)6-3-7-15(13)19/h2-8H,9-10H2,1H3,(H,20,22)(H,21,23). The average molecular weight is 367 g/mol. The molecule has 24 heavy (non-hydrogen) atoms. The predicted octanol–water partition coefficient (Wildman–Crippen LogP) is 3.07. The maximum Gasteiger partial charge on any atom is 0.276 e. The third kappa shape index (κ3) is 5.44. The number of aryl methyl sites for hydroxylation is 1. The number of hydrazine groups is 1. The highest BCUT2D eigenvalue weighted by Crippen LogP contribution is 2.24. The smallest absolute Gasteiger partial charge is 0.276 e. The molecule has 0 aliphatic rings. The average Bonchev–Trinajstić information content (AvgIpc) is 2.54. The molecule has 0 fully saturated rings. The molecule has 126 valence electrons. The van der Waals surface area contributed by atoms with Crippen molar-refractivity contribution in [3.8, 4) is 5.75 Å². The van der Waals surface area contributed by atoms with Crippen LogP contribution in [0.25, 0.3) is 0 Å². The number of amides is 2. The summed E-state index contributed by atoms with van der Waals surface area (Å²) in [4.78, 5) is 23.5. The Labute approximate surface area is 149 Å². The molecule has 0 spiro atoms. The maximum absolute atomic E-state index is 11.9. The summed E-state index contributed by atoms with van der Waals surface area (Å²) in [5.74, 6) is -0.330. The van der Waals surface area contributed by atoms with Gasteiger partial charge in [0.1, 0.15) is 5.75 Å². The number of nitrogens with one attached hydrogen (secondary N) is 2. The summed E-state index contributed by atoms with van der Waals surface area (Å²) in [6, 6.07) is 12.3. The fourth-order valence-corrected chi connectivity index (χ4v) is 2.47. The highest BCUT2D eigenvalue weighted by Gasteiger charge is 2.11. The minimum absolute atomic E-state index is 0.0441. The van der Waals surface area contributed by atoms with Crippen molar-refractivity contribution in [1.29, 1.82) is 0 Å². The van der Waals surface area contributed by atoms with Crippen LogP contribution in [0.4, 0.5) is 0 Å². The fraction of sp³-hybridized carbons (Fsp3) is 0.176. The Bertz CT molecular complexity index is 730. The molecule has 7 heteroatoms. The summed E-state index contributed by atoms with van der Waals surface area (Å²) in [6.07, 6.45) is -0.0441. The van der Waals surface area contributed by atoms with Gasteiger partial charge in [-0.15, -0.1) is 0 Å². The van der Waals surface area contributed by atoms with Crippen molar-refractivity contribution in [2.75, 3.05) is 6.61 Å². The number of benzene rings is 2. The van der Waals surface area contributed by atoms with Gasteiger partial charge in [-0.2, -0.15) is 0 Å². The largest absolute Gasteiger partial charge is 0.484 e. The summed E-state index contributed by atoms with van der Waals surface area (Å²) in [7, 11) is 0. The van der Waals surface area contributed by atoms with Crippen molar-refractivity contribution < 1.29 is 14.3 Å². The van der Waals surface area contributed by atoms with Gasteiger partial charge >= 0.3 is 0 Å². The minimum atomic E-state index is -0.477. The van der Waals surface area contributed by atoms with E-state index in [0.29, 0.717) is 21.4 Å². The Morgan fingerprint density at radius 2 is 1.62 bits per heavy atom. The molecular formula is C17H16Cl2N2O3. The van der Waals surface area contributed by atoms with Crippen LogP contribution in [-0.4, -0.2) is 18.4 Å². The van der Waals surface area contributed by atoms with Gasteiger partial charge in [0, 0.05) is 10.0 Å². The second-order valence-electron chi connectivity index (χ2n) is 5.08.